The molecule has 0 aromatic rings. The second-order valence-corrected chi connectivity index (χ2v) is 33.4. The number of esters is 19. The van der Waals surface area contributed by atoms with Crippen LogP contribution in [0.4, 0.5) is 0 Å². The topological polar surface area (TPSA) is 610 Å². The molecule has 0 aromatic carbocycles. The minimum absolute atomic E-state index is 0.169. The molecule has 6 rings (SSSR count). The van der Waals surface area contributed by atoms with E-state index in [0.717, 1.165) is 118 Å². The Kier molecular flexibility index (Phi) is 47.9. The molecule has 0 saturated carbocycles. The summed E-state index contributed by atoms with van der Waals surface area (Å²) in [4.78, 5) is 253. The van der Waals surface area contributed by atoms with Crippen LogP contribution in [0, 0.1) is 0 Å². The fourth-order valence-corrected chi connectivity index (χ4v) is 16.4. The first-order chi connectivity index (χ1) is 65.4. The molecule has 50 nitrogen and oxygen atoms in total. The van der Waals surface area contributed by atoms with Crippen LogP contribution in [-0.2, 0) is 238 Å². The van der Waals surface area contributed by atoms with Gasteiger partial charge in [0.15, 0.2) is 129 Å². The van der Waals surface area contributed by atoms with Crippen LogP contribution in [0.5, 0.6) is 0 Å². The molecule has 0 radical (unpaired) electrons. The van der Waals surface area contributed by atoms with Gasteiger partial charge in [-0.05, 0) is 39.5 Å². The lowest BCUT2D eigenvalue weighted by Crippen LogP contribution is -2.70. The fraction of sp³-hybridized carbons (Fsp3) is 0.787. The molecule has 6 fully saturated rings. The van der Waals surface area contributed by atoms with E-state index >= 15 is 0 Å². The molecule has 6 heterocycles. The molecule has 786 valence electrons. The molecule has 32 atom stereocenters. The summed E-state index contributed by atoms with van der Waals surface area (Å²) in [5, 5.41) is 0. The van der Waals surface area contributed by atoms with Gasteiger partial charge in [0, 0.05) is 125 Å². The van der Waals surface area contributed by atoms with Crippen molar-refractivity contribution in [1.82, 2.24) is 0 Å². The first-order valence-corrected chi connectivity index (χ1v) is 45.3. The van der Waals surface area contributed by atoms with E-state index in [1.165, 1.54) is 27.9 Å². The van der Waals surface area contributed by atoms with Crippen LogP contribution in [0.3, 0.4) is 0 Å². The highest BCUT2D eigenvalue weighted by Gasteiger charge is 2.64. The first kappa shape index (κ1) is 117. The number of methoxy groups -OCH3 is 1. The number of carbonyl (C=O) groups excluding carboxylic acids is 19. The van der Waals surface area contributed by atoms with Crippen molar-refractivity contribution in [3.05, 3.63) is 0 Å². The van der Waals surface area contributed by atoms with Crippen LogP contribution in [0.1, 0.15) is 222 Å². The van der Waals surface area contributed by atoms with Crippen LogP contribution in [0.25, 0.3) is 0 Å². The predicted molar refractivity (Wildman–Crippen MR) is 450 cm³/mol. The second kappa shape index (κ2) is 56.8. The standard InChI is InChI=1S/C89H130O50/c1-23-24-31-59(32-29-27-25-26-28-30-33-60(116-44(7)93)34-65(108)109-22)131-86-82(76(126-54(17)103)70(121-49(12)98)64(132-86)38-113-84-78(127-55(18)104)72(123-51(14)100)66(39(2)114-84)117-45(8)94)139-89-83(77(71(122-50(13)99)63(135-89)37-112-43(6)92)137-88-81(130-58(21)107)75(125-53(16)102)69(120-48(11)97)62(134-88)36-111-42(5)91)138-85-79(128-56(19)105)73(67(40(3)115-85)118-46(9)95)136-87-80(129-57(20)106)74(124-52(15)101)68(119-47(10)96)61(133-87)35-110-41(4)90/h39-40,59-64,66-89H,23-38H2,1-22H3/t39-,40-,59-,60-,61+,62+,63+,64+,66-,67-,68+,69+,70+,71+,72+,73+,74-,75-,76-,77-,78+,79+,80+,81+,82+,83+,84+,85-,86+,87-,88-,89-/m0/s1. The molecule has 50 heteroatoms. The maximum atomic E-state index is 14.4. The molecule has 6 saturated heterocycles. The average molecular weight is 2000 g/mol. The Bertz CT molecular complexity index is 4170. The van der Waals surface area contributed by atoms with Crippen molar-refractivity contribution in [1.29, 1.82) is 0 Å². The molecule has 0 aromatic heterocycles. The van der Waals surface area contributed by atoms with Crippen LogP contribution < -0.4 is 0 Å². The normalized spacial score (nSPS) is 31.3. The Labute approximate surface area is 800 Å². The van der Waals surface area contributed by atoms with E-state index in [2.05, 4.69) is 0 Å². The van der Waals surface area contributed by atoms with Crippen LogP contribution in [0.15, 0.2) is 0 Å². The molecule has 0 amide bonds. The lowest BCUT2D eigenvalue weighted by atomic mass is 9.94. The van der Waals surface area contributed by atoms with Crippen molar-refractivity contribution in [2.24, 2.45) is 0 Å². The van der Waals surface area contributed by atoms with E-state index in [-0.39, 0.29) is 19.3 Å². The molecule has 0 N–H and O–H groups in total. The van der Waals surface area contributed by atoms with E-state index in [1.54, 1.807) is 0 Å². The van der Waals surface area contributed by atoms with Gasteiger partial charge in [0.05, 0.1) is 38.4 Å². The van der Waals surface area contributed by atoms with E-state index < -0.39 is 336 Å². The van der Waals surface area contributed by atoms with Gasteiger partial charge in [-0.3, -0.25) is 91.1 Å². The smallest absolute Gasteiger partial charge is 0.309 e. The zero-order chi connectivity index (χ0) is 104. The average Bonchev–Trinajstić information content (AvgIpc) is 0.760. The van der Waals surface area contributed by atoms with Crippen molar-refractivity contribution in [3.63, 3.8) is 0 Å². The zero-order valence-corrected chi connectivity index (χ0v) is 81.7. The second-order valence-electron chi connectivity index (χ2n) is 33.4. The van der Waals surface area contributed by atoms with Crippen LogP contribution >= 0.6 is 0 Å². The minimum atomic E-state index is -2.57. The molecular formula is C89H130O50. The minimum Gasteiger partial charge on any atom is -0.469 e. The third-order valence-electron chi connectivity index (χ3n) is 21.5. The molecule has 139 heavy (non-hydrogen) atoms. The van der Waals surface area contributed by atoms with Crippen molar-refractivity contribution >= 4 is 113 Å². The number of hydrogen-bond donors (Lipinski definition) is 0. The van der Waals surface area contributed by atoms with Crippen molar-refractivity contribution in [3.8, 4) is 0 Å². The van der Waals surface area contributed by atoms with E-state index in [1.807, 2.05) is 6.92 Å². The Morgan fingerprint density at radius 1 is 0.237 bits per heavy atom. The van der Waals surface area contributed by atoms with Crippen molar-refractivity contribution in [2.45, 2.75) is 419 Å². The summed E-state index contributed by atoms with van der Waals surface area (Å²) in [7, 11) is 1.21. The molecular weight excluding hydrogens is 1870 g/mol. The molecule has 6 aliphatic heterocycles. The number of rotatable bonds is 48. The largest absolute Gasteiger partial charge is 0.469 e. The predicted octanol–water partition coefficient (Wildman–Crippen LogP) is 2.86. The summed E-state index contributed by atoms with van der Waals surface area (Å²) >= 11 is 0. The summed E-state index contributed by atoms with van der Waals surface area (Å²) in [6.45, 7) is 17.8. The summed E-state index contributed by atoms with van der Waals surface area (Å²) in [5.41, 5.74) is 0. The molecule has 0 spiro atoms. The highest BCUT2D eigenvalue weighted by Crippen LogP contribution is 2.44. The number of ether oxygens (including phenoxy) is 31. The summed E-state index contributed by atoms with van der Waals surface area (Å²) in [6, 6.07) is 0. The Hall–Kier alpha value is -10.6. The lowest BCUT2D eigenvalue weighted by molar-refractivity contribution is -0.414. The maximum absolute atomic E-state index is 14.4. The van der Waals surface area contributed by atoms with Gasteiger partial charge in [0.2, 0.25) is 0 Å². The zero-order valence-electron chi connectivity index (χ0n) is 81.7. The molecule has 0 unspecified atom stereocenters. The molecule has 0 bridgehead atoms. The maximum Gasteiger partial charge on any atom is 0.309 e. The van der Waals surface area contributed by atoms with Crippen molar-refractivity contribution < 1.29 is 238 Å². The first-order valence-electron chi connectivity index (χ1n) is 45.3. The highest BCUT2D eigenvalue weighted by atomic mass is 16.8. The van der Waals surface area contributed by atoms with Crippen LogP contribution in [0.2, 0.25) is 0 Å². The third kappa shape index (κ3) is 37.8. The Morgan fingerprint density at radius 2 is 0.482 bits per heavy atom. The van der Waals surface area contributed by atoms with Crippen LogP contribution in [-0.4, -0.2) is 343 Å². The number of unbranched alkanes of at least 4 members (excludes halogenated alkanes) is 6. The van der Waals surface area contributed by atoms with E-state index in [0.29, 0.717) is 57.8 Å². The SMILES string of the molecule is CCCC[C@@H](CCCCCCCC[C@@H](CC(=O)OC)OC(C)=O)O[C@@H]1O[C@H](CO[C@@H]2O[C@@H](C)[C@H](OC(C)=O)[C@@H](OC(C)=O)[C@H]2OC(C)=O)[C@@H](OC(C)=O)[C@H](OC(C)=O)[C@H]1O[C@@H]1O[C@H](COC(C)=O)[C@@H](OC(C)=O)[C@H](O[C@@H]2O[C@H](COC(C)=O)[C@@H](OC(C)=O)[C@H](OC(C)=O)[C@H]2OC(C)=O)[C@H]1O[C@@H]1O[C@@H](C)[C@H](OC(C)=O)[C@@H](O[C@@H]2O[C@H](COC(C)=O)[C@@H](OC(C)=O)[C@H](OC(C)=O)[C@H]2OC(C)=O)[C@H]1OC(C)=O. The number of hydrogen-bond acceptors (Lipinski definition) is 50. The van der Waals surface area contributed by atoms with Gasteiger partial charge in [0.1, 0.15) is 68.7 Å². The Balaban J connectivity index is 1.75. The van der Waals surface area contributed by atoms with Gasteiger partial charge >= 0.3 is 113 Å². The van der Waals surface area contributed by atoms with Gasteiger partial charge in [0.25, 0.3) is 0 Å². The molecule has 6 aliphatic rings. The van der Waals surface area contributed by atoms with E-state index in [4.69, 9.17) is 147 Å². The number of carbonyl (C=O) groups is 19. The highest BCUT2D eigenvalue weighted by molar-refractivity contribution is 5.74. The summed E-state index contributed by atoms with van der Waals surface area (Å²) < 4.78 is 190. The van der Waals surface area contributed by atoms with Gasteiger partial charge in [-0.15, -0.1) is 0 Å². The Morgan fingerprint density at radius 3 is 0.835 bits per heavy atom. The quantitative estimate of drug-likeness (QED) is 0.0480. The third-order valence-corrected chi connectivity index (χ3v) is 21.5. The van der Waals surface area contributed by atoms with Gasteiger partial charge in [-0.25, -0.2) is 0 Å². The van der Waals surface area contributed by atoms with E-state index in [9.17, 15) is 91.1 Å². The van der Waals surface area contributed by atoms with Crippen molar-refractivity contribution in [2.75, 3.05) is 33.5 Å². The van der Waals surface area contributed by atoms with Gasteiger partial charge in [-0.1, -0.05) is 51.9 Å². The summed E-state index contributed by atoms with van der Waals surface area (Å²) in [5.74, 6) is -19.8. The fourth-order valence-electron chi connectivity index (χ4n) is 16.4. The monoisotopic (exact) mass is 2000 g/mol. The van der Waals surface area contributed by atoms with Gasteiger partial charge in [-0.2, -0.15) is 0 Å². The van der Waals surface area contributed by atoms with Gasteiger partial charge < -0.3 is 147 Å². The summed E-state index contributed by atoms with van der Waals surface area (Å²) in [6.07, 6.45) is -58.6. The molecule has 0 aliphatic carbocycles. The lowest BCUT2D eigenvalue weighted by Gasteiger charge is -2.52.